The lowest BCUT2D eigenvalue weighted by atomic mass is 9.86. The number of carbonyl (C=O) groups excluding carboxylic acids is 3. The first-order valence-electron chi connectivity index (χ1n) is 9.27. The Balaban J connectivity index is 1.57. The fourth-order valence-corrected chi connectivity index (χ4v) is 4.36. The van der Waals surface area contributed by atoms with Crippen LogP contribution in [0.4, 0.5) is 4.79 Å². The number of amides is 2. The van der Waals surface area contributed by atoms with Crippen molar-refractivity contribution in [2.75, 3.05) is 0 Å². The Morgan fingerprint density at radius 3 is 2.74 bits per heavy atom. The molecule has 1 N–H and O–H groups in total. The minimum absolute atomic E-state index is 0.248. The Kier molecular flexibility index (Phi) is 6.96. The molecule has 2 fully saturated rings. The molecule has 1 aromatic carbocycles. The lowest BCUT2D eigenvalue weighted by Gasteiger charge is -2.21. The maximum absolute atomic E-state index is 12.1. The lowest BCUT2D eigenvalue weighted by Crippen LogP contribution is -2.17. The van der Waals surface area contributed by atoms with Crippen molar-refractivity contribution in [3.8, 4) is 5.75 Å². The molecular weight excluding hydrogens is 386 g/mol. The molecule has 1 aromatic rings. The summed E-state index contributed by atoms with van der Waals surface area (Å²) in [5.41, 5.74) is 0.525. The van der Waals surface area contributed by atoms with Gasteiger partial charge in [0.1, 0.15) is 5.75 Å². The second kappa shape index (κ2) is 9.42. The van der Waals surface area contributed by atoms with Gasteiger partial charge in [0.25, 0.3) is 11.1 Å². The second-order valence-electron chi connectivity index (χ2n) is 6.88. The molecule has 0 spiro atoms. The van der Waals surface area contributed by atoms with E-state index in [4.69, 9.17) is 16.3 Å². The summed E-state index contributed by atoms with van der Waals surface area (Å²) in [6.45, 7) is 0. The van der Waals surface area contributed by atoms with Crippen molar-refractivity contribution in [3.05, 3.63) is 33.7 Å². The third kappa shape index (κ3) is 5.59. The highest BCUT2D eigenvalue weighted by Gasteiger charge is 2.25. The van der Waals surface area contributed by atoms with Gasteiger partial charge in [-0.05, 0) is 48.2 Å². The number of benzene rings is 1. The van der Waals surface area contributed by atoms with Gasteiger partial charge in [-0.2, -0.15) is 0 Å². The van der Waals surface area contributed by atoms with Crippen molar-refractivity contribution in [1.29, 1.82) is 0 Å². The average molecular weight is 408 g/mol. The molecule has 0 atom stereocenters. The van der Waals surface area contributed by atoms with Crippen LogP contribution in [-0.4, -0.2) is 17.1 Å². The van der Waals surface area contributed by atoms with Crippen LogP contribution in [0.25, 0.3) is 6.08 Å². The molecule has 0 radical (unpaired) electrons. The number of thioether (sulfide) groups is 1. The van der Waals surface area contributed by atoms with Gasteiger partial charge in [-0.1, -0.05) is 55.8 Å². The third-order valence-corrected chi connectivity index (χ3v) is 6.08. The maximum atomic E-state index is 12.1. The lowest BCUT2D eigenvalue weighted by molar-refractivity contribution is -0.134. The summed E-state index contributed by atoms with van der Waals surface area (Å²) >= 11 is 7.14. The predicted octanol–water partition coefficient (Wildman–Crippen LogP) is 5.32. The highest BCUT2D eigenvalue weighted by Crippen LogP contribution is 2.33. The van der Waals surface area contributed by atoms with E-state index in [0.29, 0.717) is 12.0 Å². The normalized spacial score (nSPS) is 19.4. The number of rotatable bonds is 6. The summed E-state index contributed by atoms with van der Waals surface area (Å²) in [7, 11) is 0. The first-order valence-corrected chi connectivity index (χ1v) is 10.5. The predicted molar refractivity (Wildman–Crippen MR) is 107 cm³/mol. The molecule has 0 aromatic heterocycles. The molecular formula is C20H22ClNO4S. The minimum Gasteiger partial charge on any atom is -0.425 e. The van der Waals surface area contributed by atoms with Gasteiger partial charge in [0.05, 0.1) is 9.93 Å². The molecule has 3 rings (SSSR count). The topological polar surface area (TPSA) is 72.5 Å². The standard InChI is InChI=1S/C20H22ClNO4S/c21-18-14(12-16-19(24)22-20(25)27-16)9-5-10-15(18)26-17(23)11-4-8-13-6-2-1-3-7-13/h5,9-10,12-13H,1-4,6-8,11H2,(H,22,24,25). The number of nitrogens with one attached hydrogen (secondary N) is 1. The first kappa shape index (κ1) is 20.0. The number of carbonyl (C=O) groups is 3. The summed E-state index contributed by atoms with van der Waals surface area (Å²) in [6, 6.07) is 5.02. The average Bonchev–Trinajstić information content (AvgIpc) is 2.96. The van der Waals surface area contributed by atoms with Crippen molar-refractivity contribution in [2.45, 2.75) is 51.4 Å². The number of ether oxygens (including phenoxy) is 1. The van der Waals surface area contributed by atoms with Crippen molar-refractivity contribution < 1.29 is 19.1 Å². The van der Waals surface area contributed by atoms with Gasteiger partial charge in [-0.25, -0.2) is 0 Å². The number of esters is 1. The zero-order valence-corrected chi connectivity index (χ0v) is 16.5. The van der Waals surface area contributed by atoms with Gasteiger partial charge < -0.3 is 4.74 Å². The second-order valence-corrected chi connectivity index (χ2v) is 8.27. The zero-order chi connectivity index (χ0) is 19.2. The van der Waals surface area contributed by atoms with Crippen molar-refractivity contribution in [2.24, 2.45) is 5.92 Å². The van der Waals surface area contributed by atoms with Crippen LogP contribution in [0.1, 0.15) is 56.9 Å². The smallest absolute Gasteiger partial charge is 0.311 e. The van der Waals surface area contributed by atoms with Gasteiger partial charge >= 0.3 is 5.97 Å². The summed E-state index contributed by atoms with van der Waals surface area (Å²) in [5, 5.41) is 2.03. The molecule has 27 heavy (non-hydrogen) atoms. The van der Waals surface area contributed by atoms with Crippen molar-refractivity contribution >= 4 is 46.6 Å². The molecule has 1 aliphatic carbocycles. The molecule has 1 saturated carbocycles. The van der Waals surface area contributed by atoms with E-state index in [9.17, 15) is 14.4 Å². The molecule has 5 nitrogen and oxygen atoms in total. The monoisotopic (exact) mass is 407 g/mol. The Labute approximate surface area is 167 Å². The zero-order valence-electron chi connectivity index (χ0n) is 15.0. The molecule has 2 aliphatic rings. The van der Waals surface area contributed by atoms with Crippen LogP contribution in [0.3, 0.4) is 0 Å². The Bertz CT molecular complexity index is 771. The van der Waals surface area contributed by atoms with E-state index in [0.717, 1.165) is 30.5 Å². The van der Waals surface area contributed by atoms with E-state index >= 15 is 0 Å². The Hall–Kier alpha value is -1.79. The highest BCUT2D eigenvalue weighted by atomic mass is 35.5. The van der Waals surface area contributed by atoms with Gasteiger partial charge in [-0.15, -0.1) is 0 Å². The molecule has 0 unspecified atom stereocenters. The van der Waals surface area contributed by atoms with Crippen LogP contribution in [0, 0.1) is 5.92 Å². The Morgan fingerprint density at radius 1 is 1.26 bits per heavy atom. The van der Waals surface area contributed by atoms with E-state index in [1.807, 2.05) is 0 Å². The maximum Gasteiger partial charge on any atom is 0.311 e. The van der Waals surface area contributed by atoms with Crippen LogP contribution >= 0.6 is 23.4 Å². The summed E-state index contributed by atoms with van der Waals surface area (Å²) in [6.07, 6.45) is 10.2. The van der Waals surface area contributed by atoms with Crippen LogP contribution in [-0.2, 0) is 9.59 Å². The van der Waals surface area contributed by atoms with E-state index in [1.165, 1.54) is 38.2 Å². The highest BCUT2D eigenvalue weighted by molar-refractivity contribution is 8.18. The molecule has 1 aliphatic heterocycles. The SMILES string of the molecule is O=C(CCCC1CCCCC1)Oc1cccc(C=C2SC(=O)NC2=O)c1Cl. The quantitative estimate of drug-likeness (QED) is 0.392. The molecule has 0 bridgehead atoms. The molecule has 2 amide bonds. The van der Waals surface area contributed by atoms with Gasteiger partial charge in [0.2, 0.25) is 0 Å². The minimum atomic E-state index is -0.453. The number of halogens is 1. The van der Waals surface area contributed by atoms with Crippen molar-refractivity contribution in [1.82, 2.24) is 5.32 Å². The van der Waals surface area contributed by atoms with Crippen LogP contribution in [0.15, 0.2) is 23.1 Å². The van der Waals surface area contributed by atoms with E-state index < -0.39 is 11.1 Å². The van der Waals surface area contributed by atoms with Crippen LogP contribution in [0.5, 0.6) is 5.75 Å². The van der Waals surface area contributed by atoms with E-state index in [2.05, 4.69) is 5.32 Å². The number of hydrogen-bond donors (Lipinski definition) is 1. The third-order valence-electron chi connectivity index (χ3n) is 4.86. The molecule has 144 valence electrons. The summed E-state index contributed by atoms with van der Waals surface area (Å²) in [4.78, 5) is 35.3. The summed E-state index contributed by atoms with van der Waals surface area (Å²) < 4.78 is 5.41. The number of imide groups is 1. The van der Waals surface area contributed by atoms with E-state index in [1.54, 1.807) is 18.2 Å². The molecule has 7 heteroatoms. The van der Waals surface area contributed by atoms with Gasteiger partial charge in [0.15, 0.2) is 0 Å². The molecule has 1 saturated heterocycles. The van der Waals surface area contributed by atoms with Crippen LogP contribution < -0.4 is 10.1 Å². The number of hydrogen-bond acceptors (Lipinski definition) is 5. The summed E-state index contributed by atoms with van der Waals surface area (Å²) in [5.74, 6) is 0.248. The van der Waals surface area contributed by atoms with Crippen LogP contribution in [0.2, 0.25) is 5.02 Å². The van der Waals surface area contributed by atoms with Gasteiger partial charge in [-0.3, -0.25) is 19.7 Å². The molecule has 1 heterocycles. The van der Waals surface area contributed by atoms with Crippen molar-refractivity contribution in [3.63, 3.8) is 0 Å². The van der Waals surface area contributed by atoms with Gasteiger partial charge in [0, 0.05) is 6.42 Å². The Morgan fingerprint density at radius 2 is 2.04 bits per heavy atom. The fourth-order valence-electron chi connectivity index (χ4n) is 3.46. The fraction of sp³-hybridized carbons (Fsp3) is 0.450. The van der Waals surface area contributed by atoms with E-state index in [-0.39, 0.29) is 21.6 Å². The first-order chi connectivity index (χ1) is 13.0. The largest absolute Gasteiger partial charge is 0.425 e.